The van der Waals surface area contributed by atoms with Gasteiger partial charge < -0.3 is 4.42 Å². The molecule has 1 aromatic carbocycles. The van der Waals surface area contributed by atoms with Gasteiger partial charge in [0.05, 0.1) is 16.9 Å². The molecule has 0 N–H and O–H groups in total. The van der Waals surface area contributed by atoms with E-state index in [0.29, 0.717) is 27.4 Å². The highest BCUT2D eigenvalue weighted by molar-refractivity contribution is 9.10. The summed E-state index contributed by atoms with van der Waals surface area (Å²) in [5.41, 5.74) is 1.93. The van der Waals surface area contributed by atoms with E-state index < -0.39 is 0 Å². The first kappa shape index (κ1) is 14.1. The number of hydrogen-bond acceptors (Lipinski definition) is 4. The average Bonchev–Trinajstić information content (AvgIpc) is 3.22. The number of aromatic nitrogens is 3. The maximum atomic E-state index is 12.3. The Balaban J connectivity index is 1.99. The maximum absolute atomic E-state index is 12.3. The fraction of sp³-hybridized carbons (Fsp3) is 0.267. The van der Waals surface area contributed by atoms with Gasteiger partial charge in [-0.2, -0.15) is 5.10 Å². The van der Waals surface area contributed by atoms with Gasteiger partial charge in [-0.3, -0.25) is 4.68 Å². The van der Waals surface area contributed by atoms with E-state index in [-0.39, 0.29) is 5.63 Å². The number of aryl methyl sites for hydroxylation is 1. The summed E-state index contributed by atoms with van der Waals surface area (Å²) in [5.74, 6) is 0.313. The van der Waals surface area contributed by atoms with Gasteiger partial charge >= 0.3 is 5.63 Å². The van der Waals surface area contributed by atoms with Gasteiger partial charge in [-0.25, -0.2) is 9.78 Å². The third-order valence-corrected chi connectivity index (χ3v) is 4.55. The van der Waals surface area contributed by atoms with E-state index in [1.807, 2.05) is 23.7 Å². The summed E-state index contributed by atoms with van der Waals surface area (Å²) < 4.78 is 8.89. The Labute approximate surface area is 142 Å². The third-order valence-electron chi connectivity index (χ3n) is 3.71. The van der Waals surface area contributed by atoms with Gasteiger partial charge in [0.1, 0.15) is 10.3 Å². The predicted molar refractivity (Wildman–Crippen MR) is 89.9 cm³/mol. The third kappa shape index (κ3) is 2.32. The van der Waals surface area contributed by atoms with Crippen LogP contribution in [0.5, 0.6) is 0 Å². The molecule has 0 saturated heterocycles. The molecule has 4 rings (SSSR count). The molecule has 1 saturated carbocycles. The number of halogens is 2. The van der Waals surface area contributed by atoms with Crippen LogP contribution in [0, 0.1) is 6.92 Å². The normalized spacial score (nSPS) is 14.7. The molecule has 2 aromatic heterocycles. The van der Waals surface area contributed by atoms with Crippen LogP contribution in [0.4, 0.5) is 0 Å². The molecule has 1 aliphatic rings. The van der Waals surface area contributed by atoms with Crippen molar-refractivity contribution in [1.29, 1.82) is 0 Å². The van der Waals surface area contributed by atoms with Gasteiger partial charge in [-0.15, -0.1) is 0 Å². The second-order valence-corrected chi connectivity index (χ2v) is 7.18. The molecule has 1 fully saturated rings. The molecule has 7 heteroatoms. The molecular formula is C15H11Br2N3O2. The predicted octanol–water partition coefficient (Wildman–Crippen LogP) is 4.22. The highest BCUT2D eigenvalue weighted by Gasteiger charge is 2.29. The first-order valence-corrected chi connectivity index (χ1v) is 8.48. The van der Waals surface area contributed by atoms with Crippen molar-refractivity contribution in [3.8, 4) is 11.6 Å². The lowest BCUT2D eigenvalue weighted by molar-refractivity contribution is 0.505. The van der Waals surface area contributed by atoms with Crippen LogP contribution in [0.25, 0.3) is 22.5 Å². The minimum Gasteiger partial charge on any atom is -0.401 e. The fourth-order valence-corrected chi connectivity index (χ4v) is 3.50. The van der Waals surface area contributed by atoms with Crippen molar-refractivity contribution in [2.24, 2.45) is 0 Å². The van der Waals surface area contributed by atoms with Crippen molar-refractivity contribution in [1.82, 2.24) is 14.8 Å². The first-order chi connectivity index (χ1) is 10.5. The molecule has 0 unspecified atom stereocenters. The molecule has 2 heterocycles. The lowest BCUT2D eigenvalue weighted by Gasteiger charge is -2.06. The molecule has 0 bridgehead atoms. The van der Waals surface area contributed by atoms with Gasteiger partial charge in [-0.1, -0.05) is 15.9 Å². The summed E-state index contributed by atoms with van der Waals surface area (Å²) in [4.78, 5) is 16.9. The molecule has 0 amide bonds. The maximum Gasteiger partial charge on any atom is 0.347 e. The van der Waals surface area contributed by atoms with Gasteiger partial charge in [-0.05, 0) is 53.4 Å². The van der Waals surface area contributed by atoms with Crippen molar-refractivity contribution in [2.45, 2.75) is 25.8 Å². The van der Waals surface area contributed by atoms with E-state index in [1.165, 1.54) is 0 Å². The van der Waals surface area contributed by atoms with Crippen LogP contribution < -0.4 is 5.63 Å². The van der Waals surface area contributed by atoms with Crippen LogP contribution >= 0.6 is 31.9 Å². The quantitative estimate of drug-likeness (QED) is 0.617. The number of rotatable bonds is 2. The minimum atomic E-state index is -0.385. The van der Waals surface area contributed by atoms with Crippen LogP contribution in [0.1, 0.15) is 24.4 Å². The molecule has 0 spiro atoms. The molecule has 22 heavy (non-hydrogen) atoms. The SMILES string of the molecule is Cc1cc(Br)cc2c(=O)oc(-c3cc(Br)nn3C3CC3)nc12. The Hall–Kier alpha value is -1.47. The molecule has 0 atom stereocenters. The Morgan fingerprint density at radius 1 is 1.27 bits per heavy atom. The van der Waals surface area contributed by atoms with E-state index >= 15 is 0 Å². The van der Waals surface area contributed by atoms with Gasteiger partial charge in [0.2, 0.25) is 5.89 Å². The van der Waals surface area contributed by atoms with Crippen molar-refractivity contribution in [3.05, 3.63) is 43.3 Å². The topological polar surface area (TPSA) is 60.9 Å². The molecule has 0 aliphatic heterocycles. The lowest BCUT2D eigenvalue weighted by Crippen LogP contribution is -2.07. The summed E-state index contributed by atoms with van der Waals surface area (Å²) in [6.45, 7) is 1.93. The van der Waals surface area contributed by atoms with E-state index in [4.69, 9.17) is 4.42 Å². The summed E-state index contributed by atoms with van der Waals surface area (Å²) in [6, 6.07) is 5.88. The minimum absolute atomic E-state index is 0.313. The zero-order chi connectivity index (χ0) is 15.4. The van der Waals surface area contributed by atoms with Crippen molar-refractivity contribution >= 4 is 42.8 Å². The Bertz CT molecular complexity index is 957. The van der Waals surface area contributed by atoms with E-state index in [1.54, 1.807) is 6.07 Å². The molecular weight excluding hydrogens is 414 g/mol. The fourth-order valence-electron chi connectivity index (χ4n) is 2.54. The Kier molecular flexibility index (Phi) is 3.23. The monoisotopic (exact) mass is 423 g/mol. The number of benzene rings is 1. The van der Waals surface area contributed by atoms with E-state index in [2.05, 4.69) is 41.9 Å². The summed E-state index contributed by atoms with van der Waals surface area (Å²) in [7, 11) is 0. The standard InChI is InChI=1S/C15H11Br2N3O2/c1-7-4-8(16)5-10-13(7)18-14(22-15(10)21)11-6-12(17)19-20(11)9-2-3-9/h4-6,9H,2-3H2,1H3. The lowest BCUT2D eigenvalue weighted by atomic mass is 10.1. The van der Waals surface area contributed by atoms with Crippen molar-refractivity contribution in [2.75, 3.05) is 0 Å². The zero-order valence-corrected chi connectivity index (χ0v) is 14.8. The van der Waals surface area contributed by atoms with Crippen LogP contribution in [0.2, 0.25) is 0 Å². The smallest absolute Gasteiger partial charge is 0.347 e. The van der Waals surface area contributed by atoms with Gasteiger partial charge in [0.25, 0.3) is 0 Å². The largest absolute Gasteiger partial charge is 0.401 e. The first-order valence-electron chi connectivity index (χ1n) is 6.89. The molecule has 3 aromatic rings. The van der Waals surface area contributed by atoms with Gasteiger partial charge in [0.15, 0.2) is 0 Å². The second kappa shape index (κ2) is 5.03. The molecule has 0 radical (unpaired) electrons. The summed E-state index contributed by atoms with van der Waals surface area (Å²) in [6.07, 6.45) is 2.18. The zero-order valence-electron chi connectivity index (χ0n) is 11.6. The van der Waals surface area contributed by atoms with E-state index in [9.17, 15) is 4.79 Å². The Morgan fingerprint density at radius 2 is 2.05 bits per heavy atom. The number of hydrogen-bond donors (Lipinski definition) is 0. The van der Waals surface area contributed by atoms with Crippen molar-refractivity contribution < 1.29 is 4.42 Å². The van der Waals surface area contributed by atoms with Crippen LogP contribution in [-0.2, 0) is 0 Å². The van der Waals surface area contributed by atoms with Gasteiger partial charge in [0, 0.05) is 10.5 Å². The van der Waals surface area contributed by atoms with Crippen molar-refractivity contribution in [3.63, 3.8) is 0 Å². The highest BCUT2D eigenvalue weighted by atomic mass is 79.9. The van der Waals surface area contributed by atoms with Crippen LogP contribution in [0.15, 0.2) is 36.5 Å². The highest BCUT2D eigenvalue weighted by Crippen LogP contribution is 2.38. The molecule has 1 aliphatic carbocycles. The number of nitrogens with zero attached hydrogens (tertiary/aromatic N) is 3. The molecule has 5 nitrogen and oxygen atoms in total. The summed E-state index contributed by atoms with van der Waals surface area (Å²) in [5, 5.41) is 4.90. The van der Waals surface area contributed by atoms with E-state index in [0.717, 1.165) is 28.6 Å². The number of fused-ring (bicyclic) bond motifs is 1. The Morgan fingerprint density at radius 3 is 2.77 bits per heavy atom. The molecule has 112 valence electrons. The van der Waals surface area contributed by atoms with Crippen LogP contribution in [-0.4, -0.2) is 14.8 Å². The average molecular weight is 425 g/mol. The van der Waals surface area contributed by atoms with Crippen LogP contribution in [0.3, 0.4) is 0 Å². The summed E-state index contributed by atoms with van der Waals surface area (Å²) >= 11 is 6.78. The second-order valence-electron chi connectivity index (χ2n) is 5.45.